The second-order valence-electron chi connectivity index (χ2n) is 9.06. The quantitative estimate of drug-likeness (QED) is 0.491. The number of rotatable bonds is 7. The molecular weight excluding hydrogens is 400 g/mol. The highest BCUT2D eigenvalue weighted by atomic mass is 16.2. The summed E-state index contributed by atoms with van der Waals surface area (Å²) in [4.78, 5) is 32.5. The molecule has 32 heavy (non-hydrogen) atoms. The molecule has 1 fully saturated rings. The Morgan fingerprint density at radius 2 is 1.78 bits per heavy atom. The van der Waals surface area contributed by atoms with Crippen molar-refractivity contribution in [2.24, 2.45) is 5.92 Å². The van der Waals surface area contributed by atoms with Crippen molar-refractivity contribution in [3.05, 3.63) is 59.4 Å². The Bertz CT molecular complexity index is 1080. The molecule has 0 unspecified atom stereocenters. The number of carbonyl (C=O) groups excluding carboxylic acids is 2. The van der Waals surface area contributed by atoms with E-state index in [0.29, 0.717) is 11.6 Å². The van der Waals surface area contributed by atoms with Gasteiger partial charge in [0.25, 0.3) is 5.91 Å². The largest absolute Gasteiger partial charge is 0.349 e. The highest BCUT2D eigenvalue weighted by Crippen LogP contribution is 2.20. The van der Waals surface area contributed by atoms with Gasteiger partial charge < -0.3 is 15.6 Å². The van der Waals surface area contributed by atoms with Crippen LogP contribution in [-0.2, 0) is 17.6 Å². The predicted octanol–water partition coefficient (Wildman–Crippen LogP) is 5.01. The minimum absolute atomic E-state index is 0.000373. The summed E-state index contributed by atoms with van der Waals surface area (Å²) in [5, 5.41) is 6.09. The number of aromatic amines is 1. The van der Waals surface area contributed by atoms with Gasteiger partial charge in [0.2, 0.25) is 5.91 Å². The number of H-pyrrole nitrogens is 1. The summed E-state index contributed by atoms with van der Waals surface area (Å²) in [5.41, 5.74) is 4.44. The highest BCUT2D eigenvalue weighted by Gasteiger charge is 2.17. The van der Waals surface area contributed by atoms with Gasteiger partial charge in [0.15, 0.2) is 0 Å². The monoisotopic (exact) mass is 432 g/mol. The summed E-state index contributed by atoms with van der Waals surface area (Å²) >= 11 is 0. The molecule has 6 heteroatoms. The summed E-state index contributed by atoms with van der Waals surface area (Å²) < 4.78 is 0. The standard InChI is InChI=1S/C26H32N4O2/c1-17(2)25(31)27-21-12-8-18(9-13-21)10-15-24-29-22-14-11-19(16-23(22)30-24)26(32)28-20-6-4-3-5-7-20/h8-9,11-14,16-17,20H,3-7,10,15H2,1-2H3,(H,27,31)(H,28,32)(H,29,30). The van der Waals surface area contributed by atoms with Gasteiger partial charge in [-0.3, -0.25) is 9.59 Å². The van der Waals surface area contributed by atoms with Gasteiger partial charge in [0, 0.05) is 29.6 Å². The fourth-order valence-corrected chi connectivity index (χ4v) is 4.14. The zero-order valence-corrected chi connectivity index (χ0v) is 18.9. The van der Waals surface area contributed by atoms with E-state index in [9.17, 15) is 9.59 Å². The lowest BCUT2D eigenvalue weighted by Gasteiger charge is -2.22. The fraction of sp³-hybridized carbons (Fsp3) is 0.423. The second kappa shape index (κ2) is 9.98. The molecule has 4 rings (SSSR count). The lowest BCUT2D eigenvalue weighted by atomic mass is 9.95. The molecule has 1 saturated carbocycles. The normalized spacial score (nSPS) is 14.6. The Hall–Kier alpha value is -3.15. The smallest absolute Gasteiger partial charge is 0.251 e. The molecule has 1 heterocycles. The van der Waals surface area contributed by atoms with Crippen LogP contribution in [-0.4, -0.2) is 27.8 Å². The van der Waals surface area contributed by atoms with E-state index in [1.165, 1.54) is 24.8 Å². The van der Waals surface area contributed by atoms with Crippen molar-refractivity contribution in [1.29, 1.82) is 0 Å². The van der Waals surface area contributed by atoms with E-state index in [1.807, 2.05) is 56.3 Å². The molecule has 3 aromatic rings. The zero-order valence-electron chi connectivity index (χ0n) is 18.9. The Balaban J connectivity index is 1.35. The third-order valence-corrected chi connectivity index (χ3v) is 6.13. The van der Waals surface area contributed by atoms with Crippen molar-refractivity contribution in [1.82, 2.24) is 15.3 Å². The van der Waals surface area contributed by atoms with Crippen LogP contribution < -0.4 is 10.6 Å². The van der Waals surface area contributed by atoms with Crippen molar-refractivity contribution in [3.8, 4) is 0 Å². The fourth-order valence-electron chi connectivity index (χ4n) is 4.14. The van der Waals surface area contributed by atoms with Crippen molar-refractivity contribution in [3.63, 3.8) is 0 Å². The maximum Gasteiger partial charge on any atom is 0.251 e. The van der Waals surface area contributed by atoms with Gasteiger partial charge in [-0.15, -0.1) is 0 Å². The molecule has 0 bridgehead atoms. The molecule has 1 aliphatic carbocycles. The number of anilines is 1. The molecule has 0 spiro atoms. The number of aromatic nitrogens is 2. The van der Waals surface area contributed by atoms with Gasteiger partial charge in [-0.2, -0.15) is 0 Å². The number of carbonyl (C=O) groups is 2. The lowest BCUT2D eigenvalue weighted by molar-refractivity contribution is -0.118. The summed E-state index contributed by atoms with van der Waals surface area (Å²) in [5.74, 6) is 0.884. The molecule has 1 aromatic heterocycles. The number of fused-ring (bicyclic) bond motifs is 1. The summed E-state index contributed by atoms with van der Waals surface area (Å²) in [6, 6.07) is 13.9. The minimum Gasteiger partial charge on any atom is -0.349 e. The average molecular weight is 433 g/mol. The molecule has 0 atom stereocenters. The van der Waals surface area contributed by atoms with Crippen molar-refractivity contribution >= 4 is 28.5 Å². The first kappa shape index (κ1) is 22.1. The number of imidazole rings is 1. The Labute approximate surface area is 189 Å². The maximum absolute atomic E-state index is 12.6. The summed E-state index contributed by atoms with van der Waals surface area (Å²) in [7, 11) is 0. The van der Waals surface area contributed by atoms with E-state index in [-0.39, 0.29) is 17.7 Å². The molecule has 0 aliphatic heterocycles. The van der Waals surface area contributed by atoms with E-state index < -0.39 is 0 Å². The predicted molar refractivity (Wildman–Crippen MR) is 128 cm³/mol. The SMILES string of the molecule is CC(C)C(=O)Nc1ccc(CCc2nc3ccc(C(=O)NC4CCCCC4)cc3[nH]2)cc1. The van der Waals surface area contributed by atoms with Gasteiger partial charge in [-0.1, -0.05) is 45.2 Å². The van der Waals surface area contributed by atoms with Crippen molar-refractivity contribution in [2.45, 2.75) is 64.8 Å². The molecule has 6 nitrogen and oxygen atoms in total. The van der Waals surface area contributed by atoms with E-state index in [2.05, 4.69) is 20.6 Å². The van der Waals surface area contributed by atoms with E-state index in [0.717, 1.165) is 48.2 Å². The van der Waals surface area contributed by atoms with Crippen LogP contribution >= 0.6 is 0 Å². The van der Waals surface area contributed by atoms with Gasteiger partial charge in [0.1, 0.15) is 5.82 Å². The van der Waals surface area contributed by atoms with Gasteiger partial charge in [-0.25, -0.2) is 4.98 Å². The van der Waals surface area contributed by atoms with E-state index in [1.54, 1.807) is 0 Å². The first-order chi connectivity index (χ1) is 15.5. The third kappa shape index (κ3) is 5.55. The third-order valence-electron chi connectivity index (χ3n) is 6.13. The van der Waals surface area contributed by atoms with Crippen LogP contribution in [0.1, 0.15) is 67.7 Å². The molecule has 2 amide bonds. The molecule has 1 aliphatic rings. The highest BCUT2D eigenvalue weighted by molar-refractivity contribution is 5.97. The topological polar surface area (TPSA) is 86.9 Å². The Morgan fingerprint density at radius 1 is 1.03 bits per heavy atom. The van der Waals surface area contributed by atoms with Crippen LogP contribution in [0.15, 0.2) is 42.5 Å². The van der Waals surface area contributed by atoms with Gasteiger partial charge in [-0.05, 0) is 55.2 Å². The molecule has 2 aromatic carbocycles. The first-order valence-corrected chi connectivity index (χ1v) is 11.7. The minimum atomic E-state index is -0.0402. The molecule has 0 radical (unpaired) electrons. The molecule has 3 N–H and O–H groups in total. The Morgan fingerprint density at radius 3 is 2.50 bits per heavy atom. The molecular formula is C26H32N4O2. The first-order valence-electron chi connectivity index (χ1n) is 11.7. The summed E-state index contributed by atoms with van der Waals surface area (Å²) in [6.45, 7) is 3.76. The van der Waals surface area contributed by atoms with Crippen LogP contribution in [0.4, 0.5) is 5.69 Å². The number of aryl methyl sites for hydroxylation is 2. The van der Waals surface area contributed by atoms with Gasteiger partial charge in [0.05, 0.1) is 11.0 Å². The number of nitrogens with zero attached hydrogens (tertiary/aromatic N) is 1. The van der Waals surface area contributed by atoms with Crippen LogP contribution in [0.5, 0.6) is 0 Å². The van der Waals surface area contributed by atoms with Crippen LogP contribution in [0.2, 0.25) is 0 Å². The van der Waals surface area contributed by atoms with E-state index in [4.69, 9.17) is 0 Å². The number of amides is 2. The number of benzene rings is 2. The van der Waals surface area contributed by atoms with Gasteiger partial charge >= 0.3 is 0 Å². The second-order valence-corrected chi connectivity index (χ2v) is 9.06. The molecule has 0 saturated heterocycles. The number of hydrogen-bond acceptors (Lipinski definition) is 3. The lowest BCUT2D eigenvalue weighted by Crippen LogP contribution is -2.36. The van der Waals surface area contributed by atoms with Crippen molar-refractivity contribution < 1.29 is 9.59 Å². The van der Waals surface area contributed by atoms with E-state index >= 15 is 0 Å². The summed E-state index contributed by atoms with van der Waals surface area (Å²) in [6.07, 6.45) is 7.43. The molecule has 168 valence electrons. The Kier molecular flexibility index (Phi) is 6.88. The maximum atomic E-state index is 12.6. The van der Waals surface area contributed by atoms with Crippen LogP contribution in [0.25, 0.3) is 11.0 Å². The van der Waals surface area contributed by atoms with Crippen LogP contribution in [0.3, 0.4) is 0 Å². The number of nitrogens with one attached hydrogen (secondary N) is 3. The van der Waals surface area contributed by atoms with Crippen LogP contribution in [0, 0.1) is 5.92 Å². The number of hydrogen-bond donors (Lipinski definition) is 3. The van der Waals surface area contributed by atoms with Crippen molar-refractivity contribution in [2.75, 3.05) is 5.32 Å². The average Bonchev–Trinajstić information content (AvgIpc) is 3.21. The zero-order chi connectivity index (χ0) is 22.5.